The fourth-order valence-electron chi connectivity index (χ4n) is 1.57. The zero-order valence-electron chi connectivity index (χ0n) is 12.0. The Morgan fingerprint density at radius 3 is 2.76 bits per heavy atom. The normalized spacial score (nSPS) is 11.4. The van der Waals surface area contributed by atoms with Gasteiger partial charge in [0.15, 0.2) is 12.4 Å². The SMILES string of the molecule is Cc1ccc([N+](=O)[O-])cc1OCc1nc(C(C)(C)N)no1. The van der Waals surface area contributed by atoms with Crippen LogP contribution in [-0.4, -0.2) is 15.1 Å². The molecule has 0 aliphatic rings. The van der Waals surface area contributed by atoms with E-state index >= 15 is 0 Å². The molecule has 0 amide bonds. The molecule has 0 bridgehead atoms. The number of nitro groups is 1. The molecule has 0 aliphatic carbocycles. The highest BCUT2D eigenvalue weighted by Crippen LogP contribution is 2.25. The van der Waals surface area contributed by atoms with Crippen LogP contribution in [0.1, 0.15) is 31.1 Å². The number of nitrogens with two attached hydrogens (primary N) is 1. The Morgan fingerprint density at radius 2 is 2.19 bits per heavy atom. The molecule has 21 heavy (non-hydrogen) atoms. The lowest BCUT2D eigenvalue weighted by Crippen LogP contribution is -2.30. The van der Waals surface area contributed by atoms with Gasteiger partial charge in [0, 0.05) is 6.07 Å². The number of hydrogen-bond donors (Lipinski definition) is 1. The summed E-state index contributed by atoms with van der Waals surface area (Å²) in [5, 5.41) is 14.5. The number of non-ortho nitro benzene ring substituents is 1. The summed E-state index contributed by atoms with van der Waals surface area (Å²) in [6, 6.07) is 4.40. The third-order valence-corrected chi connectivity index (χ3v) is 2.78. The van der Waals surface area contributed by atoms with Crippen molar-refractivity contribution in [2.45, 2.75) is 32.9 Å². The van der Waals surface area contributed by atoms with Crippen molar-refractivity contribution < 1.29 is 14.2 Å². The summed E-state index contributed by atoms with van der Waals surface area (Å²) in [6.45, 7) is 5.33. The fraction of sp³-hybridized carbons (Fsp3) is 0.385. The van der Waals surface area contributed by atoms with Crippen LogP contribution in [0.3, 0.4) is 0 Å². The van der Waals surface area contributed by atoms with Crippen LogP contribution in [0.4, 0.5) is 5.69 Å². The van der Waals surface area contributed by atoms with E-state index in [9.17, 15) is 10.1 Å². The van der Waals surface area contributed by atoms with Crippen molar-refractivity contribution in [1.29, 1.82) is 0 Å². The molecule has 0 unspecified atom stereocenters. The van der Waals surface area contributed by atoms with E-state index in [0.717, 1.165) is 5.56 Å². The Kier molecular flexibility index (Phi) is 3.90. The minimum Gasteiger partial charge on any atom is -0.483 e. The molecule has 0 fully saturated rings. The van der Waals surface area contributed by atoms with Crippen LogP contribution < -0.4 is 10.5 Å². The van der Waals surface area contributed by atoms with Gasteiger partial charge >= 0.3 is 0 Å². The number of aryl methyl sites for hydroxylation is 1. The van der Waals surface area contributed by atoms with Gasteiger partial charge in [0.25, 0.3) is 11.6 Å². The lowest BCUT2D eigenvalue weighted by Gasteiger charge is -2.11. The lowest BCUT2D eigenvalue weighted by molar-refractivity contribution is -0.385. The fourth-order valence-corrected chi connectivity index (χ4v) is 1.57. The summed E-state index contributed by atoms with van der Waals surface area (Å²) in [7, 11) is 0. The molecule has 0 saturated heterocycles. The van der Waals surface area contributed by atoms with Crippen LogP contribution in [0.2, 0.25) is 0 Å². The minimum absolute atomic E-state index is 0.0189. The molecular formula is C13H16N4O4. The standard InChI is InChI=1S/C13H16N4O4/c1-8-4-5-9(17(18)19)6-10(8)20-7-11-15-12(16-21-11)13(2,3)14/h4-6H,7,14H2,1-3H3. The quantitative estimate of drug-likeness (QED) is 0.661. The lowest BCUT2D eigenvalue weighted by atomic mass is 10.1. The predicted octanol–water partition coefficient (Wildman–Crippen LogP) is 2.06. The van der Waals surface area contributed by atoms with Gasteiger partial charge in [-0.25, -0.2) is 0 Å². The van der Waals surface area contributed by atoms with E-state index in [4.69, 9.17) is 15.0 Å². The molecule has 8 heteroatoms. The Labute approximate surface area is 121 Å². The molecule has 1 aromatic heterocycles. The van der Waals surface area contributed by atoms with E-state index in [-0.39, 0.29) is 18.2 Å². The van der Waals surface area contributed by atoms with Gasteiger partial charge in [0.2, 0.25) is 0 Å². The Balaban J connectivity index is 2.11. The average Bonchev–Trinajstić information content (AvgIpc) is 2.86. The van der Waals surface area contributed by atoms with Crippen molar-refractivity contribution in [3.8, 4) is 5.75 Å². The summed E-state index contributed by atoms with van der Waals surface area (Å²) in [5.74, 6) is 1.03. The van der Waals surface area contributed by atoms with Crippen molar-refractivity contribution >= 4 is 5.69 Å². The molecular weight excluding hydrogens is 276 g/mol. The smallest absolute Gasteiger partial charge is 0.273 e. The number of nitro benzene ring substituents is 1. The number of benzene rings is 1. The third-order valence-electron chi connectivity index (χ3n) is 2.78. The molecule has 2 N–H and O–H groups in total. The predicted molar refractivity (Wildman–Crippen MR) is 73.7 cm³/mol. The van der Waals surface area contributed by atoms with E-state index in [1.165, 1.54) is 12.1 Å². The second-order valence-electron chi connectivity index (χ2n) is 5.23. The summed E-state index contributed by atoms with van der Waals surface area (Å²) in [4.78, 5) is 14.4. The first kappa shape index (κ1) is 14.9. The largest absolute Gasteiger partial charge is 0.483 e. The molecule has 1 heterocycles. The summed E-state index contributed by atoms with van der Waals surface area (Å²) < 4.78 is 10.5. The monoisotopic (exact) mass is 292 g/mol. The zero-order valence-corrected chi connectivity index (χ0v) is 12.0. The third kappa shape index (κ3) is 3.54. The molecule has 0 saturated carbocycles. The highest BCUT2D eigenvalue weighted by Gasteiger charge is 2.21. The highest BCUT2D eigenvalue weighted by atomic mass is 16.6. The van der Waals surface area contributed by atoms with Crippen LogP contribution in [0, 0.1) is 17.0 Å². The molecule has 0 radical (unpaired) electrons. The van der Waals surface area contributed by atoms with Crippen LogP contribution >= 0.6 is 0 Å². The summed E-state index contributed by atoms with van der Waals surface area (Å²) in [6.07, 6.45) is 0. The summed E-state index contributed by atoms with van der Waals surface area (Å²) >= 11 is 0. The topological polar surface area (TPSA) is 117 Å². The van der Waals surface area contributed by atoms with Crippen molar-refractivity contribution in [3.05, 3.63) is 45.6 Å². The molecule has 2 rings (SSSR count). The Bertz CT molecular complexity index is 660. The number of rotatable bonds is 5. The van der Waals surface area contributed by atoms with Gasteiger partial charge < -0.3 is 15.0 Å². The molecule has 0 aliphatic heterocycles. The zero-order chi connectivity index (χ0) is 15.6. The summed E-state index contributed by atoms with van der Waals surface area (Å²) in [5.41, 5.74) is 5.89. The molecule has 112 valence electrons. The molecule has 2 aromatic rings. The van der Waals surface area contributed by atoms with Gasteiger partial charge in [-0.15, -0.1) is 0 Å². The van der Waals surface area contributed by atoms with Crippen LogP contribution in [0.15, 0.2) is 22.7 Å². The van der Waals surface area contributed by atoms with Crippen molar-refractivity contribution in [2.75, 3.05) is 0 Å². The van der Waals surface area contributed by atoms with Crippen LogP contribution in [-0.2, 0) is 12.1 Å². The number of aromatic nitrogens is 2. The molecule has 0 spiro atoms. The van der Waals surface area contributed by atoms with E-state index in [1.54, 1.807) is 26.8 Å². The van der Waals surface area contributed by atoms with E-state index in [0.29, 0.717) is 11.6 Å². The van der Waals surface area contributed by atoms with Crippen LogP contribution in [0.25, 0.3) is 0 Å². The maximum atomic E-state index is 10.7. The van der Waals surface area contributed by atoms with Gasteiger partial charge in [-0.1, -0.05) is 5.16 Å². The Morgan fingerprint density at radius 1 is 1.48 bits per heavy atom. The Hall–Kier alpha value is -2.48. The molecule has 8 nitrogen and oxygen atoms in total. The molecule has 0 atom stereocenters. The van der Waals surface area contributed by atoms with E-state index in [2.05, 4.69) is 10.1 Å². The van der Waals surface area contributed by atoms with Crippen molar-refractivity contribution in [2.24, 2.45) is 5.73 Å². The average molecular weight is 292 g/mol. The van der Waals surface area contributed by atoms with Gasteiger partial charge in [0.1, 0.15) is 5.75 Å². The van der Waals surface area contributed by atoms with Gasteiger partial charge in [-0.2, -0.15) is 4.98 Å². The second kappa shape index (κ2) is 5.49. The van der Waals surface area contributed by atoms with Gasteiger partial charge in [-0.3, -0.25) is 10.1 Å². The van der Waals surface area contributed by atoms with Gasteiger partial charge in [0.05, 0.1) is 16.5 Å². The number of nitrogens with zero attached hydrogens (tertiary/aromatic N) is 3. The molecule has 1 aromatic carbocycles. The van der Waals surface area contributed by atoms with E-state index in [1.807, 2.05) is 0 Å². The van der Waals surface area contributed by atoms with E-state index < -0.39 is 10.5 Å². The first-order chi connectivity index (χ1) is 9.77. The van der Waals surface area contributed by atoms with Crippen molar-refractivity contribution in [3.63, 3.8) is 0 Å². The first-order valence-corrected chi connectivity index (χ1v) is 6.27. The van der Waals surface area contributed by atoms with Crippen LogP contribution in [0.5, 0.6) is 5.75 Å². The number of hydrogen-bond acceptors (Lipinski definition) is 7. The maximum Gasteiger partial charge on any atom is 0.273 e. The second-order valence-corrected chi connectivity index (χ2v) is 5.23. The first-order valence-electron chi connectivity index (χ1n) is 6.27. The number of ether oxygens (including phenoxy) is 1. The van der Waals surface area contributed by atoms with Crippen molar-refractivity contribution in [1.82, 2.24) is 10.1 Å². The minimum atomic E-state index is -0.705. The highest BCUT2D eigenvalue weighted by molar-refractivity contribution is 5.43. The van der Waals surface area contributed by atoms with Gasteiger partial charge in [-0.05, 0) is 32.4 Å². The maximum absolute atomic E-state index is 10.7.